The molecule has 0 atom stereocenters. The topological polar surface area (TPSA) is 94.0 Å². The summed E-state index contributed by atoms with van der Waals surface area (Å²) in [7, 11) is -2.29. The summed E-state index contributed by atoms with van der Waals surface area (Å²) in [5.41, 5.74) is 0.178. The van der Waals surface area contributed by atoms with Gasteiger partial charge in [0, 0.05) is 49.3 Å². The summed E-state index contributed by atoms with van der Waals surface area (Å²) in [5, 5.41) is 9.97. The standard InChI is InChI=1S/C22H24Cl2N4O4S/c1-15(2)26(3)22(29)27-6-8-28(9-7-27)33(30,31)21-10-16(14-25)4-5-20(21)32-19-12-17(23)11-18(24)13-19/h4-5,10-13,15H,6-9H2,1-3H3. The Morgan fingerprint density at radius 2 is 1.70 bits per heavy atom. The summed E-state index contributed by atoms with van der Waals surface area (Å²) < 4.78 is 34.1. The molecule has 0 aromatic heterocycles. The monoisotopic (exact) mass is 510 g/mol. The number of ether oxygens (including phenoxy) is 1. The van der Waals surface area contributed by atoms with Crippen molar-refractivity contribution in [2.75, 3.05) is 33.2 Å². The third kappa shape index (κ3) is 5.71. The minimum Gasteiger partial charge on any atom is -0.456 e. The molecule has 3 rings (SSSR count). The van der Waals surface area contributed by atoms with Crippen molar-refractivity contribution < 1.29 is 17.9 Å². The highest BCUT2D eigenvalue weighted by atomic mass is 35.5. The maximum Gasteiger partial charge on any atom is 0.320 e. The molecule has 33 heavy (non-hydrogen) atoms. The van der Waals surface area contributed by atoms with Crippen LogP contribution >= 0.6 is 23.2 Å². The van der Waals surface area contributed by atoms with Crippen molar-refractivity contribution >= 4 is 39.3 Å². The zero-order chi connectivity index (χ0) is 24.3. The first-order valence-electron chi connectivity index (χ1n) is 10.2. The predicted octanol–water partition coefficient (Wildman–Crippen LogP) is 4.42. The number of hydrogen-bond acceptors (Lipinski definition) is 5. The van der Waals surface area contributed by atoms with Crippen molar-refractivity contribution in [3.63, 3.8) is 0 Å². The number of carbonyl (C=O) groups excluding carboxylic acids is 1. The summed E-state index contributed by atoms with van der Waals surface area (Å²) in [6, 6.07) is 10.6. The van der Waals surface area contributed by atoms with Gasteiger partial charge in [-0.05, 0) is 50.2 Å². The van der Waals surface area contributed by atoms with Gasteiger partial charge in [0.25, 0.3) is 0 Å². The smallest absolute Gasteiger partial charge is 0.320 e. The van der Waals surface area contributed by atoms with Crippen molar-refractivity contribution in [1.82, 2.24) is 14.1 Å². The fraction of sp³-hybridized carbons (Fsp3) is 0.364. The number of hydrogen-bond donors (Lipinski definition) is 0. The zero-order valence-corrected chi connectivity index (χ0v) is 20.8. The van der Waals surface area contributed by atoms with Crippen molar-refractivity contribution in [2.24, 2.45) is 0 Å². The van der Waals surface area contributed by atoms with E-state index in [-0.39, 0.29) is 60.2 Å². The molecule has 2 aromatic carbocycles. The summed E-state index contributed by atoms with van der Waals surface area (Å²) in [6.45, 7) is 4.59. The molecule has 1 aliphatic heterocycles. The molecular weight excluding hydrogens is 487 g/mol. The highest BCUT2D eigenvalue weighted by Crippen LogP contribution is 2.34. The van der Waals surface area contributed by atoms with Gasteiger partial charge >= 0.3 is 6.03 Å². The molecule has 1 saturated heterocycles. The van der Waals surface area contributed by atoms with Gasteiger partial charge in [-0.3, -0.25) is 0 Å². The van der Waals surface area contributed by atoms with E-state index >= 15 is 0 Å². The van der Waals surface area contributed by atoms with Gasteiger partial charge in [0.15, 0.2) is 0 Å². The number of nitrogens with zero attached hydrogens (tertiary/aromatic N) is 4. The number of halogens is 2. The first-order valence-corrected chi connectivity index (χ1v) is 12.4. The second kappa shape index (κ2) is 10.2. The fourth-order valence-electron chi connectivity index (χ4n) is 3.28. The summed E-state index contributed by atoms with van der Waals surface area (Å²) in [4.78, 5) is 15.7. The van der Waals surface area contributed by atoms with E-state index in [4.69, 9.17) is 27.9 Å². The van der Waals surface area contributed by atoms with E-state index in [1.807, 2.05) is 19.9 Å². The van der Waals surface area contributed by atoms with Crippen molar-refractivity contribution in [2.45, 2.75) is 24.8 Å². The first kappa shape index (κ1) is 25.1. The second-order valence-corrected chi connectivity index (χ2v) is 10.6. The number of benzene rings is 2. The second-order valence-electron chi connectivity index (χ2n) is 7.86. The Hall–Kier alpha value is -2.51. The normalized spacial score (nSPS) is 14.8. The number of rotatable bonds is 5. The van der Waals surface area contributed by atoms with Crippen molar-refractivity contribution in [3.05, 3.63) is 52.0 Å². The van der Waals surface area contributed by atoms with Crippen LogP contribution < -0.4 is 4.74 Å². The molecule has 0 N–H and O–H groups in total. The lowest BCUT2D eigenvalue weighted by Gasteiger charge is -2.37. The highest BCUT2D eigenvalue weighted by molar-refractivity contribution is 7.89. The molecule has 0 bridgehead atoms. The third-order valence-electron chi connectivity index (χ3n) is 5.34. The van der Waals surface area contributed by atoms with Crippen LogP contribution in [0, 0.1) is 11.3 Å². The average Bonchev–Trinajstić information content (AvgIpc) is 2.77. The lowest BCUT2D eigenvalue weighted by Crippen LogP contribution is -2.54. The van der Waals surface area contributed by atoms with Gasteiger partial charge < -0.3 is 14.5 Å². The Balaban J connectivity index is 1.87. The summed E-state index contributed by atoms with van der Waals surface area (Å²) in [6.07, 6.45) is 0. The molecule has 1 fully saturated rings. The number of amides is 2. The molecule has 0 aliphatic carbocycles. The molecule has 1 heterocycles. The Bertz CT molecular complexity index is 1170. The number of carbonyl (C=O) groups is 1. The zero-order valence-electron chi connectivity index (χ0n) is 18.5. The van der Waals surface area contributed by atoms with Crippen LogP contribution in [0.1, 0.15) is 19.4 Å². The van der Waals surface area contributed by atoms with Gasteiger partial charge in [-0.15, -0.1) is 0 Å². The predicted molar refractivity (Wildman–Crippen MR) is 126 cm³/mol. The van der Waals surface area contributed by atoms with Gasteiger partial charge in [0.2, 0.25) is 10.0 Å². The van der Waals surface area contributed by atoms with E-state index in [2.05, 4.69) is 0 Å². The van der Waals surface area contributed by atoms with E-state index in [1.54, 1.807) is 16.8 Å². The van der Waals surface area contributed by atoms with Gasteiger partial charge in [0.05, 0.1) is 11.6 Å². The number of nitriles is 1. The van der Waals surface area contributed by atoms with Crippen LogP contribution in [-0.4, -0.2) is 67.8 Å². The quantitative estimate of drug-likeness (QED) is 0.593. The van der Waals surface area contributed by atoms with E-state index in [1.165, 1.54) is 40.7 Å². The molecule has 0 radical (unpaired) electrons. The van der Waals surface area contributed by atoms with Crippen LogP contribution in [0.5, 0.6) is 11.5 Å². The van der Waals surface area contributed by atoms with Crippen LogP contribution in [0.3, 0.4) is 0 Å². The largest absolute Gasteiger partial charge is 0.456 e. The number of sulfonamides is 1. The van der Waals surface area contributed by atoms with E-state index in [0.717, 1.165) is 0 Å². The molecule has 0 saturated carbocycles. The number of urea groups is 1. The van der Waals surface area contributed by atoms with Crippen LogP contribution in [0.15, 0.2) is 41.3 Å². The lowest BCUT2D eigenvalue weighted by molar-refractivity contribution is 0.134. The Kier molecular flexibility index (Phi) is 7.75. The molecule has 11 heteroatoms. The molecule has 176 valence electrons. The molecule has 2 aromatic rings. The van der Waals surface area contributed by atoms with E-state index in [9.17, 15) is 18.5 Å². The minimum atomic E-state index is -4.01. The highest BCUT2D eigenvalue weighted by Gasteiger charge is 2.33. The third-order valence-corrected chi connectivity index (χ3v) is 7.70. The Morgan fingerprint density at radius 1 is 1.09 bits per heavy atom. The maximum absolute atomic E-state index is 13.5. The molecule has 2 amide bonds. The molecule has 8 nitrogen and oxygen atoms in total. The van der Waals surface area contributed by atoms with E-state index in [0.29, 0.717) is 10.0 Å². The van der Waals surface area contributed by atoms with E-state index < -0.39 is 10.0 Å². The number of piperazine rings is 1. The van der Waals surface area contributed by atoms with Gasteiger partial charge in [-0.1, -0.05) is 23.2 Å². The molecule has 0 unspecified atom stereocenters. The lowest BCUT2D eigenvalue weighted by atomic mass is 10.2. The van der Waals surface area contributed by atoms with Gasteiger partial charge in [0.1, 0.15) is 16.4 Å². The van der Waals surface area contributed by atoms with Crippen LogP contribution in [0.4, 0.5) is 4.79 Å². The summed E-state index contributed by atoms with van der Waals surface area (Å²) >= 11 is 12.1. The van der Waals surface area contributed by atoms with Crippen LogP contribution in [-0.2, 0) is 10.0 Å². The minimum absolute atomic E-state index is 0.0349. The molecular formula is C22H24Cl2N4O4S. The SMILES string of the molecule is CC(C)N(C)C(=O)N1CCN(S(=O)(=O)c2cc(C#N)ccc2Oc2cc(Cl)cc(Cl)c2)CC1. The van der Waals surface area contributed by atoms with Crippen LogP contribution in [0.25, 0.3) is 0 Å². The average molecular weight is 511 g/mol. The Labute approximate surface area is 203 Å². The van der Waals surface area contributed by atoms with Crippen molar-refractivity contribution in [3.8, 4) is 17.6 Å². The summed E-state index contributed by atoms with van der Waals surface area (Å²) in [5.74, 6) is 0.311. The Morgan fingerprint density at radius 3 is 2.24 bits per heavy atom. The maximum atomic E-state index is 13.5. The van der Waals surface area contributed by atoms with Gasteiger partial charge in [-0.25, -0.2) is 13.2 Å². The van der Waals surface area contributed by atoms with Crippen molar-refractivity contribution in [1.29, 1.82) is 5.26 Å². The van der Waals surface area contributed by atoms with Gasteiger partial charge in [-0.2, -0.15) is 9.57 Å². The van der Waals surface area contributed by atoms with Crippen LogP contribution in [0.2, 0.25) is 10.0 Å². The fourth-order valence-corrected chi connectivity index (χ4v) is 5.35. The molecule has 0 spiro atoms. The first-order chi connectivity index (χ1) is 15.5. The molecule has 1 aliphatic rings.